The second-order valence-electron chi connectivity index (χ2n) is 5.71. The number of halogens is 1. The van der Waals surface area contributed by atoms with Crippen molar-refractivity contribution in [3.8, 4) is 0 Å². The van der Waals surface area contributed by atoms with E-state index in [0.717, 1.165) is 42.8 Å². The predicted molar refractivity (Wildman–Crippen MR) is 89.5 cm³/mol. The van der Waals surface area contributed by atoms with Crippen molar-refractivity contribution in [1.29, 1.82) is 0 Å². The maximum absolute atomic E-state index is 5.79. The van der Waals surface area contributed by atoms with Crippen LogP contribution in [-0.2, 0) is 16.5 Å². The number of hydrogen-bond acceptors (Lipinski definition) is 4. The third-order valence-electron chi connectivity index (χ3n) is 4.49. The third-order valence-corrected chi connectivity index (χ3v) is 5.29. The molecule has 3 heterocycles. The summed E-state index contributed by atoms with van der Waals surface area (Å²) in [4.78, 5) is 2.41. The summed E-state index contributed by atoms with van der Waals surface area (Å²) in [7, 11) is 2.00. The Morgan fingerprint density at radius 2 is 1.90 bits per heavy atom. The van der Waals surface area contributed by atoms with Crippen LogP contribution in [0.1, 0.15) is 12.8 Å². The molecule has 1 aromatic carbocycles. The predicted octanol–water partition coefficient (Wildman–Crippen LogP) is 2.52. The van der Waals surface area contributed by atoms with Gasteiger partial charge in [0.2, 0.25) is 0 Å². The van der Waals surface area contributed by atoms with Gasteiger partial charge in [0.05, 0.1) is 18.7 Å². The summed E-state index contributed by atoms with van der Waals surface area (Å²) < 4.78 is 14.6. The van der Waals surface area contributed by atoms with Gasteiger partial charge in [0, 0.05) is 44.1 Å². The first-order valence-corrected chi connectivity index (χ1v) is 8.40. The summed E-state index contributed by atoms with van der Waals surface area (Å²) >= 11 is 2.29. The van der Waals surface area contributed by atoms with Gasteiger partial charge in [-0.25, -0.2) is 0 Å². The zero-order valence-corrected chi connectivity index (χ0v) is 14.2. The number of fused-ring (bicyclic) bond motifs is 1. The fourth-order valence-corrected chi connectivity index (χ4v) is 4.07. The Morgan fingerprint density at radius 1 is 1.19 bits per heavy atom. The van der Waals surface area contributed by atoms with Crippen molar-refractivity contribution < 1.29 is 9.47 Å². The lowest BCUT2D eigenvalue weighted by atomic mass is 10.0. The van der Waals surface area contributed by atoms with Gasteiger partial charge in [0.15, 0.2) is 5.79 Å². The van der Waals surface area contributed by atoms with Crippen molar-refractivity contribution in [2.45, 2.75) is 18.6 Å². The van der Waals surface area contributed by atoms with Crippen LogP contribution in [-0.4, -0.2) is 41.9 Å². The molecule has 2 saturated heterocycles. The number of ether oxygens (including phenoxy) is 2. The molecule has 112 valence electrons. The van der Waals surface area contributed by atoms with E-state index in [2.05, 4.69) is 50.8 Å². The van der Waals surface area contributed by atoms with Crippen molar-refractivity contribution >= 4 is 39.2 Å². The normalized spacial score (nSPS) is 21.5. The Balaban J connectivity index is 1.58. The van der Waals surface area contributed by atoms with E-state index < -0.39 is 0 Å². The van der Waals surface area contributed by atoms with Crippen LogP contribution >= 0.6 is 22.6 Å². The number of nitrogens with zero attached hydrogens (tertiary/aromatic N) is 3. The van der Waals surface area contributed by atoms with E-state index in [1.165, 1.54) is 16.6 Å². The molecule has 21 heavy (non-hydrogen) atoms. The number of anilines is 1. The highest BCUT2D eigenvalue weighted by atomic mass is 127. The molecule has 6 heteroatoms. The van der Waals surface area contributed by atoms with Crippen LogP contribution in [0.3, 0.4) is 0 Å². The molecule has 0 aliphatic carbocycles. The Hall–Kier alpha value is -0.860. The average Bonchev–Trinajstić information content (AvgIpc) is 3.06. The summed E-state index contributed by atoms with van der Waals surface area (Å²) in [6.45, 7) is 3.42. The van der Waals surface area contributed by atoms with E-state index in [1.807, 2.05) is 11.7 Å². The first-order chi connectivity index (χ1) is 10.2. The number of rotatable bonds is 1. The van der Waals surface area contributed by atoms with Crippen molar-refractivity contribution in [3.05, 3.63) is 21.9 Å². The van der Waals surface area contributed by atoms with Gasteiger partial charge < -0.3 is 14.4 Å². The first kappa shape index (κ1) is 13.8. The summed E-state index contributed by atoms with van der Waals surface area (Å²) in [6.07, 6.45) is 1.88. The molecule has 1 aromatic heterocycles. The molecule has 2 aromatic rings. The highest BCUT2D eigenvalue weighted by molar-refractivity contribution is 14.1. The molecule has 2 fully saturated rings. The molecule has 0 bridgehead atoms. The molecule has 0 atom stereocenters. The van der Waals surface area contributed by atoms with Crippen LogP contribution in [0.15, 0.2) is 18.2 Å². The number of benzene rings is 1. The summed E-state index contributed by atoms with van der Waals surface area (Å²) in [6, 6.07) is 6.60. The van der Waals surface area contributed by atoms with E-state index in [4.69, 9.17) is 9.47 Å². The van der Waals surface area contributed by atoms with Crippen LogP contribution in [0.5, 0.6) is 0 Å². The topological polar surface area (TPSA) is 39.5 Å². The van der Waals surface area contributed by atoms with E-state index >= 15 is 0 Å². The van der Waals surface area contributed by atoms with Crippen molar-refractivity contribution in [2.24, 2.45) is 7.05 Å². The lowest BCUT2D eigenvalue weighted by Crippen LogP contribution is -2.45. The number of aromatic nitrogens is 2. The van der Waals surface area contributed by atoms with Crippen LogP contribution < -0.4 is 4.90 Å². The lowest BCUT2D eigenvalue weighted by Gasteiger charge is -2.38. The van der Waals surface area contributed by atoms with Crippen LogP contribution in [0, 0.1) is 3.70 Å². The third kappa shape index (κ3) is 2.33. The molecular weight excluding hydrogens is 381 g/mol. The van der Waals surface area contributed by atoms with Gasteiger partial charge >= 0.3 is 0 Å². The van der Waals surface area contributed by atoms with E-state index in [1.54, 1.807) is 0 Å². The molecule has 0 amide bonds. The standard InChI is InChI=1S/C15H18IN3O2/c1-18-13-10-11(2-3-12(13)14(16)17-18)19-6-4-15(5-7-19)20-8-9-21-15/h2-3,10H,4-9H2,1H3. The summed E-state index contributed by atoms with van der Waals surface area (Å²) in [5, 5.41) is 5.70. The Morgan fingerprint density at radius 3 is 2.62 bits per heavy atom. The second kappa shape index (κ2) is 5.10. The Bertz CT molecular complexity index is 669. The van der Waals surface area contributed by atoms with Crippen LogP contribution in [0.4, 0.5) is 5.69 Å². The Kier molecular flexibility index (Phi) is 3.35. The maximum atomic E-state index is 5.79. The second-order valence-corrected chi connectivity index (χ2v) is 6.73. The van der Waals surface area contributed by atoms with E-state index in [0.29, 0.717) is 0 Å². The minimum absolute atomic E-state index is 0.303. The summed E-state index contributed by atoms with van der Waals surface area (Å²) in [5.74, 6) is -0.303. The molecule has 0 radical (unpaired) electrons. The highest BCUT2D eigenvalue weighted by Gasteiger charge is 2.39. The highest BCUT2D eigenvalue weighted by Crippen LogP contribution is 2.34. The van der Waals surface area contributed by atoms with Gasteiger partial charge in [-0.3, -0.25) is 4.68 Å². The zero-order valence-electron chi connectivity index (χ0n) is 12.0. The molecule has 5 nitrogen and oxygen atoms in total. The van der Waals surface area contributed by atoms with Crippen LogP contribution in [0.25, 0.3) is 10.9 Å². The molecule has 0 N–H and O–H groups in total. The number of hydrogen-bond donors (Lipinski definition) is 0. The summed E-state index contributed by atoms with van der Waals surface area (Å²) in [5.41, 5.74) is 2.44. The van der Waals surface area contributed by atoms with Gasteiger partial charge in [-0.05, 0) is 40.8 Å². The SMILES string of the molecule is Cn1nc(I)c2ccc(N3CCC4(CC3)OCCO4)cc21. The molecule has 2 aliphatic rings. The fraction of sp³-hybridized carbons (Fsp3) is 0.533. The molecular formula is C15H18IN3O2. The molecule has 0 unspecified atom stereocenters. The first-order valence-electron chi connectivity index (χ1n) is 7.32. The van der Waals surface area contributed by atoms with E-state index in [-0.39, 0.29) is 5.79 Å². The van der Waals surface area contributed by atoms with Gasteiger partial charge in [-0.1, -0.05) is 0 Å². The lowest BCUT2D eigenvalue weighted by molar-refractivity contribution is -0.169. The van der Waals surface area contributed by atoms with Gasteiger partial charge in [0.1, 0.15) is 3.70 Å². The molecule has 4 rings (SSSR count). The number of piperidine rings is 1. The monoisotopic (exact) mass is 399 g/mol. The molecule has 0 saturated carbocycles. The van der Waals surface area contributed by atoms with Gasteiger partial charge in [-0.15, -0.1) is 0 Å². The maximum Gasteiger partial charge on any atom is 0.171 e. The fourth-order valence-electron chi connectivity index (χ4n) is 3.29. The van der Waals surface area contributed by atoms with Crippen molar-refractivity contribution in [1.82, 2.24) is 9.78 Å². The quantitative estimate of drug-likeness (QED) is 0.692. The minimum Gasteiger partial charge on any atom is -0.371 e. The van der Waals surface area contributed by atoms with Gasteiger partial charge in [-0.2, -0.15) is 5.10 Å². The van der Waals surface area contributed by atoms with E-state index in [9.17, 15) is 0 Å². The smallest absolute Gasteiger partial charge is 0.171 e. The Labute approximate surface area is 137 Å². The van der Waals surface area contributed by atoms with Crippen LogP contribution in [0.2, 0.25) is 0 Å². The van der Waals surface area contributed by atoms with Crippen molar-refractivity contribution in [2.75, 3.05) is 31.2 Å². The zero-order chi connectivity index (χ0) is 14.4. The number of aryl methyl sites for hydroxylation is 1. The average molecular weight is 399 g/mol. The van der Waals surface area contributed by atoms with Crippen molar-refractivity contribution in [3.63, 3.8) is 0 Å². The van der Waals surface area contributed by atoms with Gasteiger partial charge in [0.25, 0.3) is 0 Å². The minimum atomic E-state index is -0.303. The molecule has 1 spiro atoms. The molecule has 2 aliphatic heterocycles. The largest absolute Gasteiger partial charge is 0.371 e.